The van der Waals surface area contributed by atoms with E-state index >= 15 is 0 Å². The number of aliphatic carboxylic acids is 1. The number of carbonyl (C=O) groups excluding carboxylic acids is 2. The SMILES string of the molecule is CCC/C=C\CCCCCCCC(=O)OC(COC(=O)CCCCCCCCCCC/C=C\C/C=C\CCCCCCC)COC1OC(C(=O)O)C(O)C(O)C1O. The van der Waals surface area contributed by atoms with Gasteiger partial charge in [-0.15, -0.1) is 0 Å². The number of allylic oxidation sites excluding steroid dienone is 6. The molecule has 1 aliphatic rings. The molecule has 0 aliphatic carbocycles. The van der Waals surface area contributed by atoms with Gasteiger partial charge in [-0.05, 0) is 64.2 Å². The van der Waals surface area contributed by atoms with Crippen LogP contribution in [-0.2, 0) is 33.3 Å². The molecule has 0 radical (unpaired) electrons. The molecular formula is C46H80O11. The Morgan fingerprint density at radius 1 is 0.544 bits per heavy atom. The van der Waals surface area contributed by atoms with Crippen molar-refractivity contribution in [3.8, 4) is 0 Å². The molecule has 4 N–H and O–H groups in total. The lowest BCUT2D eigenvalue weighted by atomic mass is 9.99. The van der Waals surface area contributed by atoms with Gasteiger partial charge in [0.25, 0.3) is 0 Å². The number of rotatable bonds is 37. The minimum atomic E-state index is -1.86. The number of hydrogen-bond acceptors (Lipinski definition) is 10. The van der Waals surface area contributed by atoms with Gasteiger partial charge in [-0.3, -0.25) is 9.59 Å². The lowest BCUT2D eigenvalue weighted by Gasteiger charge is -2.38. The van der Waals surface area contributed by atoms with E-state index in [1.807, 2.05) is 0 Å². The van der Waals surface area contributed by atoms with Crippen LogP contribution in [0.2, 0.25) is 0 Å². The van der Waals surface area contributed by atoms with Gasteiger partial charge in [0.2, 0.25) is 0 Å². The summed E-state index contributed by atoms with van der Waals surface area (Å²) in [5, 5.41) is 39.7. The summed E-state index contributed by atoms with van der Waals surface area (Å²) in [5.41, 5.74) is 0. The Kier molecular flexibility index (Phi) is 33.6. The molecule has 0 saturated carbocycles. The van der Waals surface area contributed by atoms with Gasteiger partial charge >= 0.3 is 17.9 Å². The zero-order valence-corrected chi connectivity index (χ0v) is 35.6. The molecule has 1 aliphatic heterocycles. The zero-order chi connectivity index (χ0) is 41.8. The molecule has 11 nitrogen and oxygen atoms in total. The first-order valence-electron chi connectivity index (χ1n) is 22.5. The van der Waals surface area contributed by atoms with Crippen molar-refractivity contribution in [1.82, 2.24) is 0 Å². The summed E-state index contributed by atoms with van der Waals surface area (Å²) >= 11 is 0. The number of aliphatic hydroxyl groups excluding tert-OH is 3. The number of carboxylic acids is 1. The zero-order valence-electron chi connectivity index (χ0n) is 35.6. The molecule has 330 valence electrons. The Labute approximate surface area is 344 Å². The number of aliphatic hydroxyl groups is 3. The molecule has 11 heteroatoms. The van der Waals surface area contributed by atoms with E-state index in [1.54, 1.807) is 0 Å². The topological polar surface area (TPSA) is 169 Å². The maximum absolute atomic E-state index is 12.7. The van der Waals surface area contributed by atoms with E-state index < -0.39 is 61.3 Å². The fourth-order valence-electron chi connectivity index (χ4n) is 6.62. The summed E-state index contributed by atoms with van der Waals surface area (Å²) in [5.74, 6) is -2.46. The molecule has 57 heavy (non-hydrogen) atoms. The Balaban J connectivity index is 2.31. The van der Waals surface area contributed by atoms with Crippen molar-refractivity contribution in [2.75, 3.05) is 13.2 Å². The van der Waals surface area contributed by atoms with E-state index in [4.69, 9.17) is 18.9 Å². The molecule has 1 saturated heterocycles. The van der Waals surface area contributed by atoms with E-state index in [0.717, 1.165) is 77.0 Å². The van der Waals surface area contributed by atoms with Crippen molar-refractivity contribution in [2.45, 2.75) is 224 Å². The second kappa shape index (κ2) is 36.5. The second-order valence-electron chi connectivity index (χ2n) is 15.5. The molecule has 0 amide bonds. The molecule has 0 aromatic heterocycles. The van der Waals surface area contributed by atoms with Crippen molar-refractivity contribution < 1.29 is 53.8 Å². The fourth-order valence-corrected chi connectivity index (χ4v) is 6.62. The normalized spacial score (nSPS) is 20.5. The van der Waals surface area contributed by atoms with Crippen molar-refractivity contribution >= 4 is 17.9 Å². The fraction of sp³-hybridized carbons (Fsp3) is 0.804. The van der Waals surface area contributed by atoms with E-state index in [1.165, 1.54) is 70.6 Å². The summed E-state index contributed by atoms with van der Waals surface area (Å²) in [6.07, 6.45) is 32.1. The maximum atomic E-state index is 12.7. The van der Waals surface area contributed by atoms with Gasteiger partial charge in [-0.2, -0.15) is 0 Å². The summed E-state index contributed by atoms with van der Waals surface area (Å²) < 4.78 is 21.7. The van der Waals surface area contributed by atoms with Crippen LogP contribution in [0.4, 0.5) is 0 Å². The van der Waals surface area contributed by atoms with Crippen LogP contribution in [0.25, 0.3) is 0 Å². The van der Waals surface area contributed by atoms with Crippen molar-refractivity contribution in [2.24, 2.45) is 0 Å². The van der Waals surface area contributed by atoms with Crippen LogP contribution in [0.3, 0.4) is 0 Å². The van der Waals surface area contributed by atoms with Crippen LogP contribution >= 0.6 is 0 Å². The first kappa shape index (κ1) is 52.4. The predicted octanol–water partition coefficient (Wildman–Crippen LogP) is 9.59. The number of carbonyl (C=O) groups is 3. The third-order valence-corrected chi connectivity index (χ3v) is 10.2. The highest BCUT2D eigenvalue weighted by molar-refractivity contribution is 5.73. The highest BCUT2D eigenvalue weighted by atomic mass is 16.7. The third kappa shape index (κ3) is 28.5. The van der Waals surface area contributed by atoms with Crippen LogP contribution in [0, 0.1) is 0 Å². The van der Waals surface area contributed by atoms with Crippen LogP contribution < -0.4 is 0 Å². The Morgan fingerprint density at radius 3 is 1.54 bits per heavy atom. The number of ether oxygens (including phenoxy) is 4. The van der Waals surface area contributed by atoms with Crippen LogP contribution in [0.1, 0.15) is 187 Å². The molecule has 0 aromatic rings. The van der Waals surface area contributed by atoms with Crippen LogP contribution in [-0.4, -0.2) is 88.4 Å². The van der Waals surface area contributed by atoms with E-state index in [-0.39, 0.29) is 19.4 Å². The lowest BCUT2D eigenvalue weighted by molar-refractivity contribution is -0.298. The maximum Gasteiger partial charge on any atom is 0.335 e. The number of carboxylic acid groups (broad SMARTS) is 1. The average Bonchev–Trinajstić information content (AvgIpc) is 3.19. The first-order chi connectivity index (χ1) is 27.7. The van der Waals surface area contributed by atoms with Gasteiger partial charge in [0.1, 0.15) is 24.9 Å². The largest absolute Gasteiger partial charge is 0.479 e. The van der Waals surface area contributed by atoms with E-state index in [9.17, 15) is 34.8 Å². The summed E-state index contributed by atoms with van der Waals surface area (Å²) in [6, 6.07) is 0. The second-order valence-corrected chi connectivity index (χ2v) is 15.5. The van der Waals surface area contributed by atoms with E-state index in [0.29, 0.717) is 12.8 Å². The molecule has 1 heterocycles. The van der Waals surface area contributed by atoms with Gasteiger partial charge in [0.15, 0.2) is 18.5 Å². The van der Waals surface area contributed by atoms with Crippen LogP contribution in [0.15, 0.2) is 36.5 Å². The van der Waals surface area contributed by atoms with Crippen molar-refractivity contribution in [1.29, 1.82) is 0 Å². The average molecular weight is 809 g/mol. The molecule has 1 fully saturated rings. The standard InChI is InChI=1S/C46H80O11/c1-3-5-7-9-11-13-15-16-17-18-19-20-21-22-23-24-25-27-28-30-32-34-39(47)54-36-38(37-55-46-43(51)41(49)42(50)44(57-46)45(52)53)56-40(48)35-33-31-29-26-14-12-10-8-6-4-2/h8,10,15-16,18-19,38,41-44,46,49-51H,3-7,9,11-14,17,20-37H2,1-2H3,(H,52,53)/b10-8-,16-15-,19-18-. The molecular weight excluding hydrogens is 728 g/mol. The summed E-state index contributed by atoms with van der Waals surface area (Å²) in [7, 11) is 0. The minimum Gasteiger partial charge on any atom is -0.479 e. The van der Waals surface area contributed by atoms with Gasteiger partial charge in [-0.25, -0.2) is 4.79 Å². The van der Waals surface area contributed by atoms with Crippen molar-refractivity contribution in [3.63, 3.8) is 0 Å². The molecule has 1 rings (SSSR count). The smallest absolute Gasteiger partial charge is 0.335 e. The van der Waals surface area contributed by atoms with Crippen LogP contribution in [0.5, 0.6) is 0 Å². The summed E-state index contributed by atoms with van der Waals surface area (Å²) in [6.45, 7) is 3.72. The highest BCUT2D eigenvalue weighted by Gasteiger charge is 2.47. The number of esters is 2. The summed E-state index contributed by atoms with van der Waals surface area (Å²) in [4.78, 5) is 36.7. The molecule has 6 unspecified atom stereocenters. The first-order valence-corrected chi connectivity index (χ1v) is 22.5. The third-order valence-electron chi connectivity index (χ3n) is 10.2. The quantitative estimate of drug-likeness (QED) is 0.0268. The molecule has 0 bridgehead atoms. The van der Waals surface area contributed by atoms with Gasteiger partial charge < -0.3 is 39.4 Å². The Morgan fingerprint density at radius 2 is 1.02 bits per heavy atom. The Bertz CT molecular complexity index is 1090. The molecule has 0 aromatic carbocycles. The Hall–Kier alpha value is -2.57. The molecule has 6 atom stereocenters. The van der Waals surface area contributed by atoms with Gasteiger partial charge in [0, 0.05) is 12.8 Å². The minimum absolute atomic E-state index is 0.171. The van der Waals surface area contributed by atoms with Crippen molar-refractivity contribution in [3.05, 3.63) is 36.5 Å². The van der Waals surface area contributed by atoms with Gasteiger partial charge in [-0.1, -0.05) is 147 Å². The lowest BCUT2D eigenvalue weighted by Crippen LogP contribution is -2.60. The monoisotopic (exact) mass is 809 g/mol. The van der Waals surface area contributed by atoms with E-state index in [2.05, 4.69) is 50.3 Å². The molecule has 0 spiro atoms. The highest BCUT2D eigenvalue weighted by Crippen LogP contribution is 2.23. The van der Waals surface area contributed by atoms with Gasteiger partial charge in [0.05, 0.1) is 6.61 Å². The predicted molar refractivity (Wildman–Crippen MR) is 225 cm³/mol. The number of hydrogen-bond donors (Lipinski definition) is 4. The number of unbranched alkanes of at least 4 members (excludes halogenated alkanes) is 20.